The second-order valence-electron chi connectivity index (χ2n) is 10.2. The largest absolute Gasteiger partial charge is 0.497 e. The van der Waals surface area contributed by atoms with Crippen LogP contribution >= 0.6 is 0 Å². The molecule has 33 heavy (non-hydrogen) atoms. The van der Waals surface area contributed by atoms with Gasteiger partial charge in [-0.05, 0) is 66.5 Å². The molecule has 0 radical (unpaired) electrons. The Labute approximate surface area is 197 Å². The van der Waals surface area contributed by atoms with Gasteiger partial charge in [0, 0.05) is 25.6 Å². The first-order valence-corrected chi connectivity index (χ1v) is 12.1. The Bertz CT molecular complexity index is 813. The fourth-order valence-corrected chi connectivity index (χ4v) is 6.17. The number of benzene rings is 1. The van der Waals surface area contributed by atoms with Gasteiger partial charge in [-0.15, -0.1) is 0 Å². The molecule has 2 fully saturated rings. The number of aliphatic hydroxyl groups excluding tert-OH is 1. The van der Waals surface area contributed by atoms with Gasteiger partial charge in [0.05, 0.1) is 13.2 Å². The Kier molecular flexibility index (Phi) is 8.40. The topological polar surface area (TPSA) is 96.9 Å². The van der Waals surface area contributed by atoms with Gasteiger partial charge in [0.25, 0.3) is 0 Å². The van der Waals surface area contributed by atoms with Crippen LogP contribution in [0.15, 0.2) is 24.3 Å². The molecule has 0 bridgehead atoms. The highest BCUT2D eigenvalue weighted by molar-refractivity contribution is 5.78. The molecule has 0 aliphatic heterocycles. The molecule has 0 saturated heterocycles. The Morgan fingerprint density at radius 1 is 1.18 bits per heavy atom. The summed E-state index contributed by atoms with van der Waals surface area (Å²) >= 11 is 0. The summed E-state index contributed by atoms with van der Waals surface area (Å²) in [5.74, 6) is 0.392. The molecule has 1 aromatic carbocycles. The van der Waals surface area contributed by atoms with Crippen molar-refractivity contribution < 1.29 is 24.2 Å². The van der Waals surface area contributed by atoms with E-state index in [4.69, 9.17) is 9.47 Å². The van der Waals surface area contributed by atoms with Crippen molar-refractivity contribution in [2.45, 2.75) is 65.1 Å². The summed E-state index contributed by atoms with van der Waals surface area (Å²) in [4.78, 5) is 25.1. The number of carbonyl (C=O) groups excluding carboxylic acids is 2. The van der Waals surface area contributed by atoms with Gasteiger partial charge in [-0.2, -0.15) is 0 Å². The van der Waals surface area contributed by atoms with Crippen LogP contribution < -0.4 is 15.4 Å². The first kappa shape index (κ1) is 25.5. The number of fused-ring (bicyclic) bond motifs is 1. The monoisotopic (exact) mass is 460 g/mol. The third-order valence-electron chi connectivity index (χ3n) is 8.19. The van der Waals surface area contributed by atoms with E-state index in [0.29, 0.717) is 6.54 Å². The Balaban J connectivity index is 1.64. The quantitative estimate of drug-likeness (QED) is 0.554. The molecule has 7 atom stereocenters. The minimum atomic E-state index is -0.581. The van der Waals surface area contributed by atoms with Crippen LogP contribution in [0.4, 0.5) is 0 Å². The van der Waals surface area contributed by atoms with Crippen molar-refractivity contribution in [2.75, 3.05) is 20.8 Å². The zero-order valence-corrected chi connectivity index (χ0v) is 20.6. The van der Waals surface area contributed by atoms with E-state index < -0.39 is 6.10 Å². The molecule has 1 aromatic rings. The molecule has 7 heteroatoms. The van der Waals surface area contributed by atoms with Gasteiger partial charge in [-0.25, -0.2) is 0 Å². The molecular formula is C26H40N2O5. The molecule has 0 heterocycles. The van der Waals surface area contributed by atoms with Crippen LogP contribution in [-0.4, -0.2) is 49.9 Å². The number of nitrogens with one attached hydrogen (secondary N) is 2. The highest BCUT2D eigenvalue weighted by Crippen LogP contribution is 2.55. The summed E-state index contributed by atoms with van der Waals surface area (Å²) in [6, 6.07) is 7.64. The zero-order chi connectivity index (χ0) is 24.2. The van der Waals surface area contributed by atoms with E-state index in [2.05, 4.69) is 24.5 Å². The van der Waals surface area contributed by atoms with Crippen molar-refractivity contribution >= 4 is 11.8 Å². The maximum Gasteiger partial charge on any atom is 0.246 e. The molecule has 1 unspecified atom stereocenters. The van der Waals surface area contributed by atoms with Crippen LogP contribution in [0, 0.1) is 29.1 Å². The van der Waals surface area contributed by atoms with Crippen LogP contribution in [0.3, 0.4) is 0 Å². The van der Waals surface area contributed by atoms with Gasteiger partial charge in [-0.1, -0.05) is 32.9 Å². The number of aliphatic hydroxyl groups is 1. The first-order valence-electron chi connectivity index (χ1n) is 12.1. The predicted octanol–water partition coefficient (Wildman–Crippen LogP) is 2.90. The summed E-state index contributed by atoms with van der Waals surface area (Å²) < 4.78 is 10.1. The minimum absolute atomic E-state index is 0.0123. The van der Waals surface area contributed by atoms with Gasteiger partial charge in [-0.3, -0.25) is 9.59 Å². The maximum absolute atomic E-state index is 13.0. The lowest BCUT2D eigenvalue weighted by Crippen LogP contribution is -2.58. The van der Waals surface area contributed by atoms with Gasteiger partial charge in [0.15, 0.2) is 0 Å². The summed E-state index contributed by atoms with van der Waals surface area (Å²) in [6.45, 7) is 6.79. The van der Waals surface area contributed by atoms with E-state index in [1.807, 2.05) is 31.2 Å². The van der Waals surface area contributed by atoms with Crippen LogP contribution in [0.2, 0.25) is 0 Å². The fourth-order valence-electron chi connectivity index (χ4n) is 6.17. The predicted molar refractivity (Wildman–Crippen MR) is 127 cm³/mol. The zero-order valence-electron chi connectivity index (χ0n) is 20.6. The number of rotatable bonds is 8. The Morgan fingerprint density at radius 2 is 1.85 bits per heavy atom. The average Bonchev–Trinajstić information content (AvgIpc) is 2.79. The molecule has 3 rings (SSSR count). The first-order chi connectivity index (χ1) is 15.7. The van der Waals surface area contributed by atoms with Gasteiger partial charge in [0.2, 0.25) is 11.8 Å². The van der Waals surface area contributed by atoms with E-state index in [0.717, 1.165) is 37.0 Å². The smallest absolute Gasteiger partial charge is 0.246 e. The maximum atomic E-state index is 13.0. The highest BCUT2D eigenvalue weighted by atomic mass is 16.5. The van der Waals surface area contributed by atoms with E-state index >= 15 is 0 Å². The van der Waals surface area contributed by atoms with Crippen molar-refractivity contribution in [3.8, 4) is 5.75 Å². The van der Waals surface area contributed by atoms with E-state index in [-0.39, 0.29) is 53.5 Å². The summed E-state index contributed by atoms with van der Waals surface area (Å²) in [5, 5.41) is 17.6. The van der Waals surface area contributed by atoms with E-state index in [9.17, 15) is 14.7 Å². The molecule has 0 spiro atoms. The Morgan fingerprint density at radius 3 is 2.48 bits per heavy atom. The van der Waals surface area contributed by atoms with Crippen molar-refractivity contribution in [1.29, 1.82) is 0 Å². The molecular weight excluding hydrogens is 420 g/mol. The summed E-state index contributed by atoms with van der Waals surface area (Å²) in [6.07, 6.45) is 3.10. The van der Waals surface area contributed by atoms with Gasteiger partial charge in [0.1, 0.15) is 12.4 Å². The lowest BCUT2D eigenvalue weighted by Gasteiger charge is -2.56. The fraction of sp³-hybridized carbons (Fsp3) is 0.692. The molecule has 7 nitrogen and oxygen atoms in total. The molecule has 3 N–H and O–H groups in total. The normalized spacial score (nSPS) is 32.4. The number of methoxy groups -OCH3 is 2. The summed E-state index contributed by atoms with van der Waals surface area (Å²) in [7, 11) is 3.14. The van der Waals surface area contributed by atoms with E-state index in [1.165, 1.54) is 7.11 Å². The molecule has 2 amide bonds. The summed E-state index contributed by atoms with van der Waals surface area (Å²) in [5.41, 5.74) is 1.03. The lowest BCUT2D eigenvalue weighted by atomic mass is 9.51. The number of carbonyl (C=O) groups is 2. The molecule has 2 aliphatic carbocycles. The molecule has 0 aromatic heterocycles. The standard InChI is InChI=1S/C26H40N2O5/c1-16(25(31)27-14-18-6-8-19(33-5)9-7-18)20-10-12-26(3)13-11-21(28-22(29)15-32-4)17(2)23(26)24(20)30/h6-9,16-17,20-21,23-24,30H,10-15H2,1-5H3,(H,27,31)(H,28,29)/t16-,17+,20?,21-,23+,24-,26-/m0/s1. The van der Waals surface area contributed by atoms with Crippen LogP contribution in [-0.2, 0) is 20.9 Å². The SMILES string of the molecule is COCC(=O)N[C@H]1CC[C@]2(C)CCC([C@H](C)C(=O)NCc3ccc(OC)cc3)[C@H](O)[C@H]2[C@@H]1C. The second kappa shape index (κ2) is 10.9. The number of hydrogen-bond acceptors (Lipinski definition) is 5. The molecule has 2 aliphatic rings. The number of ether oxygens (including phenoxy) is 2. The van der Waals surface area contributed by atoms with Crippen molar-refractivity contribution in [1.82, 2.24) is 10.6 Å². The van der Waals surface area contributed by atoms with Crippen molar-refractivity contribution in [3.63, 3.8) is 0 Å². The highest BCUT2D eigenvalue weighted by Gasteiger charge is 2.53. The number of hydrogen-bond donors (Lipinski definition) is 3. The van der Waals surface area contributed by atoms with Crippen molar-refractivity contribution in [2.24, 2.45) is 29.1 Å². The van der Waals surface area contributed by atoms with E-state index in [1.54, 1.807) is 7.11 Å². The third kappa shape index (κ3) is 5.69. The lowest BCUT2D eigenvalue weighted by molar-refractivity contribution is -0.144. The molecule has 184 valence electrons. The third-order valence-corrected chi connectivity index (χ3v) is 8.19. The Hall–Kier alpha value is -2.12. The van der Waals surface area contributed by atoms with Crippen LogP contribution in [0.1, 0.15) is 52.0 Å². The molecule has 2 saturated carbocycles. The minimum Gasteiger partial charge on any atom is -0.497 e. The average molecular weight is 461 g/mol. The van der Waals surface area contributed by atoms with Crippen LogP contribution in [0.25, 0.3) is 0 Å². The van der Waals surface area contributed by atoms with Gasteiger partial charge < -0.3 is 25.2 Å². The van der Waals surface area contributed by atoms with Gasteiger partial charge >= 0.3 is 0 Å². The second-order valence-corrected chi connectivity index (χ2v) is 10.2. The van der Waals surface area contributed by atoms with Crippen molar-refractivity contribution in [3.05, 3.63) is 29.8 Å². The van der Waals surface area contributed by atoms with Crippen LogP contribution in [0.5, 0.6) is 5.75 Å². The number of amides is 2.